The summed E-state index contributed by atoms with van der Waals surface area (Å²) in [6.45, 7) is 7.19. The molecule has 0 atom stereocenters. The predicted octanol–water partition coefficient (Wildman–Crippen LogP) is 2.94. The lowest BCUT2D eigenvalue weighted by molar-refractivity contribution is 0.0482. The van der Waals surface area contributed by atoms with Gasteiger partial charge in [0.05, 0.1) is 18.8 Å². The average molecular weight is 298 g/mol. The van der Waals surface area contributed by atoms with Gasteiger partial charge in [0.15, 0.2) is 5.78 Å². The molecular weight excluding hydrogens is 280 g/mol. The first-order valence-electron chi connectivity index (χ1n) is 6.43. The van der Waals surface area contributed by atoms with E-state index in [0.29, 0.717) is 0 Å². The highest BCUT2D eigenvalue weighted by molar-refractivity contribution is 7.12. The molecule has 5 nitrogen and oxygen atoms in total. The fourth-order valence-corrected chi connectivity index (χ4v) is 2.54. The molecule has 1 rings (SSSR count). The Hall–Kier alpha value is -1.69. The van der Waals surface area contributed by atoms with E-state index in [4.69, 9.17) is 9.47 Å². The molecule has 110 valence electrons. The summed E-state index contributed by atoms with van der Waals surface area (Å²) in [6.07, 6.45) is 0. The number of rotatable bonds is 6. The fourth-order valence-electron chi connectivity index (χ4n) is 1.60. The molecule has 1 aromatic rings. The quantitative estimate of drug-likeness (QED) is 0.596. The maximum atomic E-state index is 12.1. The van der Waals surface area contributed by atoms with Crippen LogP contribution >= 0.6 is 11.3 Å². The number of thiophene rings is 1. The number of hydrogen-bond acceptors (Lipinski definition) is 6. The van der Waals surface area contributed by atoms with E-state index in [9.17, 15) is 14.4 Å². The molecule has 0 saturated heterocycles. The minimum absolute atomic E-state index is 0.0222. The van der Waals surface area contributed by atoms with Crippen molar-refractivity contribution in [2.24, 2.45) is 5.92 Å². The minimum Gasteiger partial charge on any atom is -0.462 e. The van der Waals surface area contributed by atoms with Crippen LogP contribution in [0.15, 0.2) is 5.38 Å². The lowest BCUT2D eigenvalue weighted by atomic mass is 9.99. The van der Waals surface area contributed by atoms with E-state index >= 15 is 0 Å². The third-order valence-corrected chi connectivity index (χ3v) is 3.48. The zero-order valence-electron chi connectivity index (χ0n) is 12.0. The number of carbonyl (C=O) groups excluding carboxylic acids is 3. The van der Waals surface area contributed by atoms with E-state index in [0.717, 1.165) is 11.3 Å². The van der Waals surface area contributed by atoms with Gasteiger partial charge in [-0.2, -0.15) is 0 Å². The zero-order chi connectivity index (χ0) is 15.3. The van der Waals surface area contributed by atoms with Gasteiger partial charge in [0.1, 0.15) is 4.88 Å². The molecule has 0 aliphatic heterocycles. The van der Waals surface area contributed by atoms with E-state index in [1.807, 2.05) is 0 Å². The van der Waals surface area contributed by atoms with Gasteiger partial charge < -0.3 is 9.47 Å². The highest BCUT2D eigenvalue weighted by Crippen LogP contribution is 2.27. The van der Waals surface area contributed by atoms with Crippen LogP contribution in [0.5, 0.6) is 0 Å². The van der Waals surface area contributed by atoms with Gasteiger partial charge in [-0.3, -0.25) is 4.79 Å². The Bertz CT molecular complexity index is 516. The van der Waals surface area contributed by atoms with E-state index in [-0.39, 0.29) is 40.9 Å². The Kier molecular flexibility index (Phi) is 5.88. The molecule has 6 heteroatoms. The van der Waals surface area contributed by atoms with Crippen molar-refractivity contribution in [3.05, 3.63) is 21.4 Å². The highest BCUT2D eigenvalue weighted by Gasteiger charge is 2.29. The van der Waals surface area contributed by atoms with Gasteiger partial charge in [-0.05, 0) is 13.8 Å². The van der Waals surface area contributed by atoms with Crippen molar-refractivity contribution >= 4 is 29.1 Å². The second-order valence-electron chi connectivity index (χ2n) is 4.31. The maximum Gasteiger partial charge on any atom is 0.349 e. The number of esters is 2. The summed E-state index contributed by atoms with van der Waals surface area (Å²) in [4.78, 5) is 36.1. The number of carbonyl (C=O) groups is 3. The van der Waals surface area contributed by atoms with Crippen LogP contribution in [0.4, 0.5) is 0 Å². The smallest absolute Gasteiger partial charge is 0.349 e. The van der Waals surface area contributed by atoms with Crippen molar-refractivity contribution in [1.82, 2.24) is 0 Å². The fraction of sp³-hybridized carbons (Fsp3) is 0.500. The molecule has 1 aromatic heterocycles. The molecule has 0 aliphatic carbocycles. The summed E-state index contributed by atoms with van der Waals surface area (Å²) in [5.74, 6) is -1.74. The first-order chi connectivity index (χ1) is 9.43. The van der Waals surface area contributed by atoms with Crippen molar-refractivity contribution in [2.45, 2.75) is 27.7 Å². The lowest BCUT2D eigenvalue weighted by Crippen LogP contribution is -2.17. The van der Waals surface area contributed by atoms with Crippen molar-refractivity contribution in [3.8, 4) is 0 Å². The number of hydrogen-bond donors (Lipinski definition) is 0. The molecule has 1 heterocycles. The van der Waals surface area contributed by atoms with Gasteiger partial charge in [0.25, 0.3) is 0 Å². The maximum absolute atomic E-state index is 12.1. The highest BCUT2D eigenvalue weighted by atomic mass is 32.1. The van der Waals surface area contributed by atoms with E-state index in [1.54, 1.807) is 27.7 Å². The third kappa shape index (κ3) is 3.45. The van der Waals surface area contributed by atoms with E-state index in [2.05, 4.69) is 0 Å². The Morgan fingerprint density at radius 1 is 1.10 bits per heavy atom. The van der Waals surface area contributed by atoms with Crippen LogP contribution in [0, 0.1) is 5.92 Å². The van der Waals surface area contributed by atoms with Gasteiger partial charge in [0.2, 0.25) is 0 Å². The molecule has 0 N–H and O–H groups in total. The second-order valence-corrected chi connectivity index (χ2v) is 5.19. The average Bonchev–Trinajstić information content (AvgIpc) is 2.82. The number of Topliss-reactive ketones (excluding diaryl/α,β-unsaturated/α-hetero) is 1. The molecule has 0 aromatic carbocycles. The predicted molar refractivity (Wildman–Crippen MR) is 75.4 cm³/mol. The summed E-state index contributed by atoms with van der Waals surface area (Å²) in [6, 6.07) is 0. The molecule has 0 unspecified atom stereocenters. The summed E-state index contributed by atoms with van der Waals surface area (Å²) in [7, 11) is 0. The Balaban J connectivity index is 3.29. The van der Waals surface area contributed by atoms with Crippen LogP contribution in [0.2, 0.25) is 0 Å². The topological polar surface area (TPSA) is 69.7 Å². The van der Waals surface area contributed by atoms with Gasteiger partial charge in [-0.25, -0.2) is 9.59 Å². The summed E-state index contributed by atoms with van der Waals surface area (Å²) in [5.41, 5.74) is 0.250. The van der Waals surface area contributed by atoms with Gasteiger partial charge in [-0.15, -0.1) is 11.3 Å². The first-order valence-corrected chi connectivity index (χ1v) is 7.31. The van der Waals surface area contributed by atoms with Crippen molar-refractivity contribution < 1.29 is 23.9 Å². The van der Waals surface area contributed by atoms with Crippen molar-refractivity contribution in [1.29, 1.82) is 0 Å². The van der Waals surface area contributed by atoms with Crippen LogP contribution in [0.1, 0.15) is 58.1 Å². The molecule has 0 spiro atoms. The Morgan fingerprint density at radius 3 is 2.15 bits per heavy atom. The molecule has 0 amide bonds. The number of ketones is 1. The first kappa shape index (κ1) is 16.4. The van der Waals surface area contributed by atoms with Crippen LogP contribution < -0.4 is 0 Å². The van der Waals surface area contributed by atoms with E-state index < -0.39 is 11.9 Å². The third-order valence-electron chi connectivity index (χ3n) is 2.52. The summed E-state index contributed by atoms with van der Waals surface area (Å²) >= 11 is 1.03. The summed E-state index contributed by atoms with van der Waals surface area (Å²) < 4.78 is 9.84. The molecular formula is C14H18O5S. The van der Waals surface area contributed by atoms with Crippen molar-refractivity contribution in [2.75, 3.05) is 13.2 Å². The largest absolute Gasteiger partial charge is 0.462 e. The monoisotopic (exact) mass is 298 g/mol. The van der Waals surface area contributed by atoms with Crippen LogP contribution in [0.25, 0.3) is 0 Å². The molecule has 0 bridgehead atoms. The zero-order valence-corrected chi connectivity index (χ0v) is 12.8. The standard InChI is InChI=1S/C14H18O5S/c1-5-18-13(16)10-9(11(15)8(3)4)7-20-12(10)14(17)19-6-2/h7-8H,5-6H2,1-4H3. The second kappa shape index (κ2) is 7.19. The van der Waals surface area contributed by atoms with E-state index in [1.165, 1.54) is 5.38 Å². The van der Waals surface area contributed by atoms with Gasteiger partial charge >= 0.3 is 11.9 Å². The SMILES string of the molecule is CCOC(=O)c1scc(C(=O)C(C)C)c1C(=O)OCC. The number of ether oxygens (including phenoxy) is 2. The molecule has 0 fully saturated rings. The lowest BCUT2D eigenvalue weighted by Gasteiger charge is -2.08. The Morgan fingerprint density at radius 2 is 1.65 bits per heavy atom. The molecule has 0 saturated carbocycles. The molecule has 0 aliphatic rings. The van der Waals surface area contributed by atoms with Crippen molar-refractivity contribution in [3.63, 3.8) is 0 Å². The van der Waals surface area contributed by atoms with Crippen LogP contribution in [-0.2, 0) is 9.47 Å². The van der Waals surface area contributed by atoms with Crippen LogP contribution in [0.3, 0.4) is 0 Å². The van der Waals surface area contributed by atoms with Gasteiger partial charge in [-0.1, -0.05) is 13.8 Å². The molecule has 0 radical (unpaired) electrons. The van der Waals surface area contributed by atoms with Crippen LogP contribution in [-0.4, -0.2) is 30.9 Å². The summed E-state index contributed by atoms with van der Waals surface area (Å²) in [5, 5.41) is 1.51. The van der Waals surface area contributed by atoms with Gasteiger partial charge in [0, 0.05) is 16.9 Å². The normalized spacial score (nSPS) is 10.4. The Labute approximate surface area is 121 Å². The molecule has 20 heavy (non-hydrogen) atoms. The minimum atomic E-state index is -0.666.